The topological polar surface area (TPSA) is 84.1 Å². The summed E-state index contributed by atoms with van der Waals surface area (Å²) in [7, 11) is 0. The van der Waals surface area contributed by atoms with Crippen molar-refractivity contribution >= 4 is 33.6 Å². The predicted octanol–water partition coefficient (Wildman–Crippen LogP) is 1.63. The molecule has 0 aromatic carbocycles. The zero-order valence-electron chi connectivity index (χ0n) is 10.9. The quantitative estimate of drug-likeness (QED) is 0.824. The van der Waals surface area contributed by atoms with Gasteiger partial charge in [-0.05, 0) is 42.1 Å². The smallest absolute Gasteiger partial charge is 0.244 e. The Labute approximate surface area is 120 Å². The van der Waals surface area contributed by atoms with Crippen molar-refractivity contribution in [3.05, 3.63) is 10.7 Å². The highest BCUT2D eigenvalue weighted by atomic mass is 79.9. The molecule has 1 aromatic heterocycles. The molecule has 104 valence electrons. The molecule has 1 aliphatic rings. The number of rotatable bonds is 3. The fourth-order valence-electron chi connectivity index (χ4n) is 2.14. The van der Waals surface area contributed by atoms with Crippen molar-refractivity contribution in [2.24, 2.45) is 0 Å². The summed E-state index contributed by atoms with van der Waals surface area (Å²) in [5, 5.41) is 3.00. The SMILES string of the molecule is CC(Nc1nc(N)cc(Br)n1)C(=O)N1CCCCC1. The van der Waals surface area contributed by atoms with Crippen LogP contribution in [0.15, 0.2) is 10.7 Å². The van der Waals surface area contributed by atoms with Gasteiger partial charge in [-0.3, -0.25) is 4.79 Å². The molecule has 0 radical (unpaired) electrons. The van der Waals surface area contributed by atoms with Gasteiger partial charge in [0.2, 0.25) is 11.9 Å². The highest BCUT2D eigenvalue weighted by Gasteiger charge is 2.22. The second-order valence-corrected chi connectivity index (χ2v) is 5.50. The first-order valence-electron chi connectivity index (χ1n) is 6.41. The maximum absolute atomic E-state index is 12.2. The summed E-state index contributed by atoms with van der Waals surface area (Å²) in [5.74, 6) is 0.813. The Morgan fingerprint density at radius 1 is 1.42 bits per heavy atom. The molecule has 6 nitrogen and oxygen atoms in total. The van der Waals surface area contributed by atoms with Crippen molar-refractivity contribution in [1.82, 2.24) is 14.9 Å². The Morgan fingerprint density at radius 3 is 2.74 bits per heavy atom. The lowest BCUT2D eigenvalue weighted by Crippen LogP contribution is -2.44. The van der Waals surface area contributed by atoms with E-state index < -0.39 is 0 Å². The second kappa shape index (κ2) is 6.18. The maximum atomic E-state index is 12.2. The van der Waals surface area contributed by atoms with Crippen molar-refractivity contribution in [2.45, 2.75) is 32.2 Å². The van der Waals surface area contributed by atoms with Gasteiger partial charge in [-0.15, -0.1) is 0 Å². The Morgan fingerprint density at radius 2 is 2.11 bits per heavy atom. The van der Waals surface area contributed by atoms with E-state index in [0.717, 1.165) is 25.9 Å². The summed E-state index contributed by atoms with van der Waals surface area (Å²) in [6, 6.07) is 1.26. The van der Waals surface area contributed by atoms with Gasteiger partial charge in [0.05, 0.1) is 0 Å². The number of nitrogens with one attached hydrogen (secondary N) is 1. The van der Waals surface area contributed by atoms with E-state index in [1.165, 1.54) is 6.42 Å². The van der Waals surface area contributed by atoms with Gasteiger partial charge in [-0.1, -0.05) is 0 Å². The number of carbonyl (C=O) groups is 1. The molecule has 0 spiro atoms. The van der Waals surface area contributed by atoms with Gasteiger partial charge in [0.25, 0.3) is 0 Å². The van der Waals surface area contributed by atoms with Gasteiger partial charge in [0, 0.05) is 19.2 Å². The van der Waals surface area contributed by atoms with Crippen LogP contribution in [0.4, 0.5) is 11.8 Å². The molecule has 3 N–H and O–H groups in total. The average molecular weight is 328 g/mol. The lowest BCUT2D eigenvalue weighted by atomic mass is 10.1. The summed E-state index contributed by atoms with van der Waals surface area (Å²) in [6.45, 7) is 3.50. The molecule has 7 heteroatoms. The number of hydrogen-bond acceptors (Lipinski definition) is 5. The molecule has 0 saturated carbocycles. The van der Waals surface area contributed by atoms with Crippen LogP contribution in [0.5, 0.6) is 0 Å². The monoisotopic (exact) mass is 327 g/mol. The van der Waals surface area contributed by atoms with E-state index in [2.05, 4.69) is 31.2 Å². The summed E-state index contributed by atoms with van der Waals surface area (Å²) < 4.78 is 0.597. The van der Waals surface area contributed by atoms with Gasteiger partial charge >= 0.3 is 0 Å². The number of nitrogens with two attached hydrogens (primary N) is 1. The minimum Gasteiger partial charge on any atom is -0.383 e. The van der Waals surface area contributed by atoms with Crippen LogP contribution >= 0.6 is 15.9 Å². The third-order valence-corrected chi connectivity index (χ3v) is 3.50. The van der Waals surface area contributed by atoms with Gasteiger partial charge in [-0.25, -0.2) is 4.98 Å². The number of carbonyl (C=O) groups excluding carboxylic acids is 1. The molecule has 19 heavy (non-hydrogen) atoms. The van der Waals surface area contributed by atoms with Gasteiger partial charge in [-0.2, -0.15) is 4.98 Å². The summed E-state index contributed by atoms with van der Waals surface area (Å²) in [6.07, 6.45) is 3.37. The molecule has 0 bridgehead atoms. The number of amides is 1. The Kier molecular flexibility index (Phi) is 4.57. The number of nitrogen functional groups attached to an aromatic ring is 1. The van der Waals surface area contributed by atoms with Crippen molar-refractivity contribution in [1.29, 1.82) is 0 Å². The van der Waals surface area contributed by atoms with Crippen LogP contribution in [0.3, 0.4) is 0 Å². The first-order valence-corrected chi connectivity index (χ1v) is 7.21. The third-order valence-electron chi connectivity index (χ3n) is 3.10. The average Bonchev–Trinajstić information content (AvgIpc) is 2.37. The van der Waals surface area contributed by atoms with E-state index in [0.29, 0.717) is 16.4 Å². The van der Waals surface area contributed by atoms with E-state index >= 15 is 0 Å². The lowest BCUT2D eigenvalue weighted by Gasteiger charge is -2.29. The predicted molar refractivity (Wildman–Crippen MR) is 77.7 cm³/mol. The molecule has 2 heterocycles. The molecular formula is C12H18BrN5O. The molecule has 0 aliphatic carbocycles. The van der Waals surface area contributed by atoms with Crippen LogP contribution < -0.4 is 11.1 Å². The number of anilines is 2. The van der Waals surface area contributed by atoms with Crippen LogP contribution in [-0.2, 0) is 4.79 Å². The largest absolute Gasteiger partial charge is 0.383 e. The standard InChI is InChI=1S/C12H18BrN5O/c1-8(11(19)18-5-3-2-4-6-18)15-12-16-9(13)7-10(14)17-12/h7-8H,2-6H2,1H3,(H3,14,15,16,17). The van der Waals surface area contributed by atoms with Crippen LogP contribution in [0.25, 0.3) is 0 Å². The number of aromatic nitrogens is 2. The van der Waals surface area contributed by atoms with E-state index in [4.69, 9.17) is 5.73 Å². The highest BCUT2D eigenvalue weighted by molar-refractivity contribution is 9.10. The van der Waals surface area contributed by atoms with Gasteiger partial charge in [0.1, 0.15) is 16.5 Å². The Balaban J connectivity index is 1.99. The van der Waals surface area contributed by atoms with E-state index in [1.54, 1.807) is 6.07 Å². The van der Waals surface area contributed by atoms with Crippen molar-refractivity contribution in [2.75, 3.05) is 24.1 Å². The minimum atomic E-state index is -0.355. The normalized spacial score (nSPS) is 17.1. The number of nitrogens with zero attached hydrogens (tertiary/aromatic N) is 3. The van der Waals surface area contributed by atoms with Crippen molar-refractivity contribution in [3.63, 3.8) is 0 Å². The van der Waals surface area contributed by atoms with E-state index in [9.17, 15) is 4.79 Å². The molecule has 1 unspecified atom stereocenters. The minimum absolute atomic E-state index is 0.0850. The van der Waals surface area contributed by atoms with Crippen LogP contribution in [0, 0.1) is 0 Å². The summed E-state index contributed by atoms with van der Waals surface area (Å²) in [4.78, 5) is 22.3. The Hall–Kier alpha value is -1.37. The lowest BCUT2D eigenvalue weighted by molar-refractivity contribution is -0.132. The number of likely N-dealkylation sites (tertiary alicyclic amines) is 1. The zero-order chi connectivity index (χ0) is 13.8. The molecule has 1 atom stereocenters. The molecule has 1 aromatic rings. The fraction of sp³-hybridized carbons (Fsp3) is 0.583. The second-order valence-electron chi connectivity index (χ2n) is 4.69. The zero-order valence-corrected chi connectivity index (χ0v) is 12.5. The first-order chi connectivity index (χ1) is 9.06. The van der Waals surface area contributed by atoms with Crippen molar-refractivity contribution < 1.29 is 4.79 Å². The molecule has 1 amide bonds. The molecule has 1 fully saturated rings. The summed E-state index contributed by atoms with van der Waals surface area (Å²) in [5.41, 5.74) is 5.64. The van der Waals surface area contributed by atoms with Crippen LogP contribution in [0.2, 0.25) is 0 Å². The summed E-state index contributed by atoms with van der Waals surface area (Å²) >= 11 is 3.25. The highest BCUT2D eigenvalue weighted by Crippen LogP contribution is 2.15. The number of halogens is 1. The molecular weight excluding hydrogens is 310 g/mol. The first kappa shape index (κ1) is 14.0. The third kappa shape index (κ3) is 3.79. The van der Waals surface area contributed by atoms with Crippen LogP contribution in [0.1, 0.15) is 26.2 Å². The molecule has 1 aliphatic heterocycles. The maximum Gasteiger partial charge on any atom is 0.244 e. The van der Waals surface area contributed by atoms with Crippen molar-refractivity contribution in [3.8, 4) is 0 Å². The van der Waals surface area contributed by atoms with Crippen LogP contribution in [-0.4, -0.2) is 39.9 Å². The Bertz CT molecular complexity index is 441. The number of hydrogen-bond donors (Lipinski definition) is 2. The van der Waals surface area contributed by atoms with E-state index in [1.807, 2.05) is 11.8 Å². The van der Waals surface area contributed by atoms with E-state index in [-0.39, 0.29) is 11.9 Å². The molecule has 2 rings (SSSR count). The van der Waals surface area contributed by atoms with Gasteiger partial charge < -0.3 is 16.0 Å². The number of piperidine rings is 1. The molecule has 1 saturated heterocycles. The van der Waals surface area contributed by atoms with Gasteiger partial charge in [0.15, 0.2) is 0 Å². The fourth-order valence-corrected chi connectivity index (χ4v) is 2.55.